The van der Waals surface area contributed by atoms with E-state index >= 15 is 0 Å². The SMILES string of the molecule is O=C(NCc1ccccc1)NC1(c2ccc(-c3nc4ccc5n[nH]c(=O)n5c4cc3-c3ccccc3)cc2)CCC1. The van der Waals surface area contributed by atoms with Gasteiger partial charge in [0.25, 0.3) is 0 Å². The molecule has 2 amide bonds. The molecule has 0 atom stereocenters. The monoisotopic (exact) mass is 540 g/mol. The average molecular weight is 541 g/mol. The summed E-state index contributed by atoms with van der Waals surface area (Å²) >= 11 is 0. The molecule has 0 radical (unpaired) electrons. The number of aromatic nitrogens is 4. The Morgan fingerprint density at radius 1 is 0.878 bits per heavy atom. The molecule has 0 saturated heterocycles. The third kappa shape index (κ3) is 4.53. The highest BCUT2D eigenvalue weighted by Gasteiger charge is 2.40. The molecule has 41 heavy (non-hydrogen) atoms. The minimum atomic E-state index is -0.383. The van der Waals surface area contributed by atoms with Crippen molar-refractivity contribution in [2.75, 3.05) is 0 Å². The standard InChI is InChI=1S/C33H28N6O2/c40-31(34-21-22-8-3-1-4-9-22)36-33(18-7-19-33)25-14-12-24(13-15-25)30-26(23-10-5-2-6-11-23)20-28-27(35-30)16-17-29-37-38-32(41)39(28)29/h1-6,8-17,20H,7,18-19,21H2,(H,38,41)(H2,34,36,40). The summed E-state index contributed by atoms with van der Waals surface area (Å²) in [5.74, 6) is 0. The first-order valence-electron chi connectivity index (χ1n) is 13.8. The largest absolute Gasteiger partial charge is 0.348 e. The van der Waals surface area contributed by atoms with Gasteiger partial charge in [-0.15, -0.1) is 0 Å². The normalized spacial score (nSPS) is 14.0. The van der Waals surface area contributed by atoms with Crippen molar-refractivity contribution in [3.8, 4) is 22.4 Å². The molecule has 202 valence electrons. The van der Waals surface area contributed by atoms with E-state index in [2.05, 4.69) is 45.1 Å². The second-order valence-electron chi connectivity index (χ2n) is 10.5. The minimum absolute atomic E-state index is 0.166. The summed E-state index contributed by atoms with van der Waals surface area (Å²) in [6.45, 7) is 0.481. The summed E-state index contributed by atoms with van der Waals surface area (Å²) in [5.41, 5.74) is 7.10. The van der Waals surface area contributed by atoms with Gasteiger partial charge in [0, 0.05) is 17.7 Å². The van der Waals surface area contributed by atoms with Crippen LogP contribution in [-0.4, -0.2) is 25.6 Å². The molecule has 0 unspecified atom stereocenters. The summed E-state index contributed by atoms with van der Waals surface area (Å²) in [6.07, 6.45) is 2.85. The van der Waals surface area contributed by atoms with Crippen molar-refractivity contribution in [3.05, 3.63) is 125 Å². The van der Waals surface area contributed by atoms with Crippen molar-refractivity contribution in [1.29, 1.82) is 0 Å². The van der Waals surface area contributed by atoms with Crippen molar-refractivity contribution >= 4 is 22.7 Å². The zero-order chi connectivity index (χ0) is 27.8. The molecule has 0 bridgehead atoms. The molecule has 0 aliphatic heterocycles. The number of aromatic amines is 1. The van der Waals surface area contributed by atoms with Crippen molar-refractivity contribution in [2.45, 2.75) is 31.3 Å². The summed E-state index contributed by atoms with van der Waals surface area (Å²) in [6, 6.07) is 33.8. The molecule has 1 saturated carbocycles. The highest BCUT2D eigenvalue weighted by Crippen LogP contribution is 2.42. The maximum Gasteiger partial charge on any atom is 0.348 e. The van der Waals surface area contributed by atoms with Crippen LogP contribution in [-0.2, 0) is 12.1 Å². The van der Waals surface area contributed by atoms with E-state index in [9.17, 15) is 9.59 Å². The van der Waals surface area contributed by atoms with Gasteiger partial charge in [0.05, 0.1) is 22.3 Å². The van der Waals surface area contributed by atoms with Gasteiger partial charge < -0.3 is 10.6 Å². The van der Waals surface area contributed by atoms with Crippen LogP contribution in [0.25, 0.3) is 39.1 Å². The summed E-state index contributed by atoms with van der Waals surface area (Å²) in [7, 11) is 0. The molecular weight excluding hydrogens is 512 g/mol. The van der Waals surface area contributed by atoms with Crippen LogP contribution in [0.2, 0.25) is 0 Å². The molecule has 8 heteroatoms. The van der Waals surface area contributed by atoms with E-state index in [1.807, 2.05) is 72.8 Å². The summed E-state index contributed by atoms with van der Waals surface area (Å²) in [4.78, 5) is 30.4. The Kier molecular flexibility index (Phi) is 6.08. The fourth-order valence-electron chi connectivity index (χ4n) is 5.69. The van der Waals surface area contributed by atoms with E-state index in [-0.39, 0.29) is 17.3 Å². The van der Waals surface area contributed by atoms with Crippen LogP contribution >= 0.6 is 0 Å². The molecule has 1 aliphatic carbocycles. The number of fused-ring (bicyclic) bond motifs is 3. The Balaban J connectivity index is 1.23. The number of carbonyl (C=O) groups excluding carboxylic acids is 1. The molecule has 1 fully saturated rings. The number of benzene rings is 3. The van der Waals surface area contributed by atoms with Crippen LogP contribution in [0.3, 0.4) is 0 Å². The van der Waals surface area contributed by atoms with E-state index in [4.69, 9.17) is 4.98 Å². The van der Waals surface area contributed by atoms with E-state index in [0.29, 0.717) is 23.2 Å². The summed E-state index contributed by atoms with van der Waals surface area (Å²) in [5, 5.41) is 12.9. The molecule has 6 aromatic rings. The molecule has 8 nitrogen and oxygen atoms in total. The number of carbonyl (C=O) groups is 1. The maximum absolute atomic E-state index is 12.8. The van der Waals surface area contributed by atoms with Crippen LogP contribution in [0.4, 0.5) is 4.79 Å². The first kappa shape index (κ1) is 24.8. The Morgan fingerprint density at radius 3 is 2.32 bits per heavy atom. The Labute approximate surface area is 236 Å². The number of nitrogens with zero attached hydrogens (tertiary/aromatic N) is 3. The van der Waals surface area contributed by atoms with Crippen LogP contribution in [0, 0.1) is 0 Å². The Hall–Kier alpha value is -5.24. The fraction of sp³-hybridized carbons (Fsp3) is 0.152. The van der Waals surface area contributed by atoms with Crippen molar-refractivity contribution in [1.82, 2.24) is 30.2 Å². The number of hydrogen-bond donors (Lipinski definition) is 3. The Bertz CT molecular complexity index is 1920. The van der Waals surface area contributed by atoms with Gasteiger partial charge in [-0.05, 0) is 54.2 Å². The van der Waals surface area contributed by atoms with Gasteiger partial charge in [-0.25, -0.2) is 24.1 Å². The first-order chi connectivity index (χ1) is 20.1. The van der Waals surface area contributed by atoms with Gasteiger partial charge in [-0.2, -0.15) is 5.10 Å². The lowest BCUT2D eigenvalue weighted by Gasteiger charge is -2.43. The number of pyridine rings is 2. The van der Waals surface area contributed by atoms with E-state index in [1.54, 1.807) is 10.5 Å². The molecule has 3 aromatic carbocycles. The van der Waals surface area contributed by atoms with E-state index in [0.717, 1.165) is 52.8 Å². The Morgan fingerprint density at radius 2 is 1.61 bits per heavy atom. The van der Waals surface area contributed by atoms with Crippen LogP contribution in [0.15, 0.2) is 108 Å². The van der Waals surface area contributed by atoms with Gasteiger partial charge in [-0.3, -0.25) is 0 Å². The zero-order valence-corrected chi connectivity index (χ0v) is 22.3. The topological polar surface area (TPSA) is 104 Å². The van der Waals surface area contributed by atoms with Gasteiger partial charge in [0.15, 0.2) is 5.65 Å². The zero-order valence-electron chi connectivity index (χ0n) is 22.3. The highest BCUT2D eigenvalue weighted by atomic mass is 16.2. The smallest absolute Gasteiger partial charge is 0.334 e. The van der Waals surface area contributed by atoms with Crippen LogP contribution in [0.1, 0.15) is 30.4 Å². The van der Waals surface area contributed by atoms with E-state index < -0.39 is 0 Å². The quantitative estimate of drug-likeness (QED) is 0.249. The predicted molar refractivity (Wildman–Crippen MR) is 159 cm³/mol. The second-order valence-corrected chi connectivity index (χ2v) is 10.5. The fourth-order valence-corrected chi connectivity index (χ4v) is 5.69. The molecule has 3 aromatic heterocycles. The third-order valence-corrected chi connectivity index (χ3v) is 8.01. The number of urea groups is 1. The van der Waals surface area contributed by atoms with Gasteiger partial charge in [0.2, 0.25) is 0 Å². The number of hydrogen-bond acceptors (Lipinski definition) is 4. The van der Waals surface area contributed by atoms with Crippen molar-refractivity contribution in [2.24, 2.45) is 0 Å². The van der Waals surface area contributed by atoms with Crippen LogP contribution < -0.4 is 16.3 Å². The average Bonchev–Trinajstić information content (AvgIpc) is 3.39. The minimum Gasteiger partial charge on any atom is -0.334 e. The number of H-pyrrole nitrogens is 1. The van der Waals surface area contributed by atoms with Gasteiger partial charge in [-0.1, -0.05) is 84.9 Å². The predicted octanol–water partition coefficient (Wildman–Crippen LogP) is 5.78. The van der Waals surface area contributed by atoms with Crippen LogP contribution in [0.5, 0.6) is 0 Å². The second kappa shape index (κ2) is 10.1. The lowest BCUT2D eigenvalue weighted by molar-refractivity contribution is 0.177. The molecule has 1 aliphatic rings. The molecule has 0 spiro atoms. The van der Waals surface area contributed by atoms with Crippen molar-refractivity contribution < 1.29 is 4.79 Å². The van der Waals surface area contributed by atoms with Gasteiger partial charge in [0.1, 0.15) is 0 Å². The maximum atomic E-state index is 12.8. The highest BCUT2D eigenvalue weighted by molar-refractivity contribution is 5.91. The lowest BCUT2D eigenvalue weighted by Crippen LogP contribution is -2.53. The van der Waals surface area contributed by atoms with E-state index in [1.165, 1.54) is 0 Å². The number of amides is 2. The lowest BCUT2D eigenvalue weighted by atomic mass is 9.71. The first-order valence-corrected chi connectivity index (χ1v) is 13.8. The molecular formula is C33H28N6O2. The third-order valence-electron chi connectivity index (χ3n) is 8.01. The number of rotatable bonds is 6. The number of nitrogens with one attached hydrogen (secondary N) is 3. The van der Waals surface area contributed by atoms with Gasteiger partial charge >= 0.3 is 11.7 Å². The molecule has 3 N–H and O–H groups in total. The molecule has 3 heterocycles. The summed E-state index contributed by atoms with van der Waals surface area (Å²) < 4.78 is 1.55. The van der Waals surface area contributed by atoms with Crippen molar-refractivity contribution in [3.63, 3.8) is 0 Å². The molecule has 7 rings (SSSR count).